The van der Waals surface area contributed by atoms with Gasteiger partial charge in [0.2, 0.25) is 0 Å². The van der Waals surface area contributed by atoms with Gasteiger partial charge in [-0.3, -0.25) is 4.79 Å². The van der Waals surface area contributed by atoms with Gasteiger partial charge in [-0.05, 0) is 70.9 Å². The van der Waals surface area contributed by atoms with E-state index in [1.54, 1.807) is 6.07 Å². The number of ether oxygens (including phenoxy) is 2. The van der Waals surface area contributed by atoms with E-state index in [-0.39, 0.29) is 17.7 Å². The number of benzene rings is 1. The van der Waals surface area contributed by atoms with Crippen LogP contribution in [0.15, 0.2) is 24.5 Å². The zero-order valence-electron chi connectivity index (χ0n) is 19.9. The highest BCUT2D eigenvalue weighted by atomic mass is 32.1. The third-order valence-corrected chi connectivity index (χ3v) is 7.09. The fraction of sp³-hybridized carbons (Fsp3) is 0.480. The molecule has 1 atom stereocenters. The number of nitrogens with zero attached hydrogens (tertiary/aromatic N) is 3. The molecule has 1 fully saturated rings. The first-order valence-corrected chi connectivity index (χ1v) is 12.5. The lowest BCUT2D eigenvalue weighted by atomic mass is 10.1. The smallest absolute Gasteiger partial charge is 0.173 e. The summed E-state index contributed by atoms with van der Waals surface area (Å²) >= 11 is 1.40. The third kappa shape index (κ3) is 5.89. The summed E-state index contributed by atoms with van der Waals surface area (Å²) in [5, 5.41) is 4.10. The van der Waals surface area contributed by atoms with Gasteiger partial charge in [0.25, 0.3) is 0 Å². The van der Waals surface area contributed by atoms with Crippen molar-refractivity contribution < 1.29 is 18.7 Å². The van der Waals surface area contributed by atoms with Crippen LogP contribution < -0.4 is 10.1 Å². The maximum atomic E-state index is 14.0. The van der Waals surface area contributed by atoms with Crippen LogP contribution in [0.1, 0.15) is 47.3 Å². The first-order chi connectivity index (χ1) is 16.4. The number of rotatable bonds is 10. The fourth-order valence-electron chi connectivity index (χ4n) is 4.07. The lowest BCUT2D eigenvalue weighted by Crippen LogP contribution is -2.28. The average molecular weight is 487 g/mol. The van der Waals surface area contributed by atoms with Gasteiger partial charge in [-0.1, -0.05) is 0 Å². The number of hydrogen-bond acceptors (Lipinski definition) is 8. The van der Waals surface area contributed by atoms with Crippen molar-refractivity contribution in [2.45, 2.75) is 45.1 Å². The molecule has 0 spiro atoms. The Kier molecular flexibility index (Phi) is 8.07. The monoisotopic (exact) mass is 486 g/mol. The highest BCUT2D eigenvalue weighted by Gasteiger charge is 2.21. The molecule has 182 valence electrons. The Hall–Kier alpha value is -2.62. The minimum atomic E-state index is -0.376. The van der Waals surface area contributed by atoms with E-state index in [9.17, 15) is 9.18 Å². The second-order valence-corrected chi connectivity index (χ2v) is 9.86. The summed E-state index contributed by atoms with van der Waals surface area (Å²) in [5.74, 6) is 0.737. The fourth-order valence-corrected chi connectivity index (χ4v) is 5.18. The Bertz CT molecular complexity index is 1140. The van der Waals surface area contributed by atoms with E-state index < -0.39 is 0 Å². The quantitative estimate of drug-likeness (QED) is 0.306. The van der Waals surface area contributed by atoms with Crippen LogP contribution in [0.3, 0.4) is 0 Å². The van der Waals surface area contributed by atoms with E-state index in [1.807, 2.05) is 21.0 Å². The van der Waals surface area contributed by atoms with Crippen molar-refractivity contribution in [2.24, 2.45) is 0 Å². The molecule has 0 radical (unpaired) electrons. The number of thiophene rings is 1. The SMILES string of the molecule is Cc1c(C(=O)CCCCN(C)C)sc2ncnc(Nc3ccc(F)cc3O[C@H]3CCCOC3)c12. The van der Waals surface area contributed by atoms with E-state index in [1.165, 1.54) is 29.8 Å². The molecule has 1 aliphatic rings. The number of hydrogen-bond donors (Lipinski definition) is 1. The standard InChI is InChI=1S/C25H31FN4O3S/c1-16-22-24(27-15-28-25(22)34-23(16)20(31)8-4-5-11-30(2)3)29-19-10-9-17(26)13-21(19)33-18-7-6-12-32-14-18/h9-10,13,15,18H,4-8,11-12,14H2,1-3H3,(H,27,28,29)/t18-/m0/s1. The summed E-state index contributed by atoms with van der Waals surface area (Å²) in [6.45, 7) is 4.10. The first kappa shape index (κ1) is 24.5. The number of carbonyl (C=O) groups excluding carboxylic acids is 1. The summed E-state index contributed by atoms with van der Waals surface area (Å²) in [4.78, 5) is 25.3. The van der Waals surface area contributed by atoms with Gasteiger partial charge in [0.1, 0.15) is 34.6 Å². The largest absolute Gasteiger partial charge is 0.486 e. The Labute approximate surface area is 203 Å². The lowest BCUT2D eigenvalue weighted by Gasteiger charge is -2.24. The summed E-state index contributed by atoms with van der Waals surface area (Å²) < 4.78 is 25.6. The van der Waals surface area contributed by atoms with Crippen molar-refractivity contribution in [3.05, 3.63) is 40.8 Å². The van der Waals surface area contributed by atoms with Crippen molar-refractivity contribution in [1.29, 1.82) is 0 Å². The Morgan fingerprint density at radius 1 is 1.32 bits per heavy atom. The minimum Gasteiger partial charge on any atom is -0.486 e. The minimum absolute atomic E-state index is 0.124. The van der Waals surface area contributed by atoms with E-state index in [0.717, 1.165) is 59.5 Å². The normalized spacial score (nSPS) is 16.2. The highest BCUT2D eigenvalue weighted by Crippen LogP contribution is 2.37. The first-order valence-electron chi connectivity index (χ1n) is 11.7. The van der Waals surface area contributed by atoms with Gasteiger partial charge < -0.3 is 19.7 Å². The van der Waals surface area contributed by atoms with E-state index in [4.69, 9.17) is 9.47 Å². The topological polar surface area (TPSA) is 76.6 Å². The number of halogens is 1. The molecular weight excluding hydrogens is 455 g/mol. The number of Topliss-reactive ketones (excluding diaryl/α,β-unsaturated/α-hetero) is 1. The van der Waals surface area contributed by atoms with E-state index >= 15 is 0 Å². The number of ketones is 1. The molecule has 3 heterocycles. The van der Waals surface area contributed by atoms with Crippen LogP contribution in [0.2, 0.25) is 0 Å². The van der Waals surface area contributed by atoms with Crippen LogP contribution in [0, 0.1) is 12.7 Å². The molecule has 1 aliphatic heterocycles. The zero-order valence-corrected chi connectivity index (χ0v) is 20.7. The van der Waals surface area contributed by atoms with Gasteiger partial charge in [-0.2, -0.15) is 0 Å². The van der Waals surface area contributed by atoms with Gasteiger partial charge in [0.05, 0.1) is 22.6 Å². The van der Waals surface area contributed by atoms with Crippen LogP contribution in [-0.2, 0) is 4.74 Å². The predicted molar refractivity (Wildman–Crippen MR) is 133 cm³/mol. The van der Waals surface area contributed by atoms with Gasteiger partial charge >= 0.3 is 0 Å². The van der Waals surface area contributed by atoms with Crippen molar-refractivity contribution in [2.75, 3.05) is 39.2 Å². The Morgan fingerprint density at radius 3 is 2.94 bits per heavy atom. The van der Waals surface area contributed by atoms with E-state index in [2.05, 4.69) is 20.2 Å². The number of anilines is 2. The molecular formula is C25H31FN4O3S. The average Bonchev–Trinajstić information content (AvgIpc) is 3.16. The predicted octanol–water partition coefficient (Wildman–Crippen LogP) is 5.35. The van der Waals surface area contributed by atoms with Crippen LogP contribution in [0.5, 0.6) is 5.75 Å². The summed E-state index contributed by atoms with van der Waals surface area (Å²) in [6.07, 6.45) is 5.47. The Morgan fingerprint density at radius 2 is 2.18 bits per heavy atom. The van der Waals surface area contributed by atoms with Crippen LogP contribution in [-0.4, -0.2) is 60.6 Å². The highest BCUT2D eigenvalue weighted by molar-refractivity contribution is 7.20. The third-order valence-electron chi connectivity index (χ3n) is 5.85. The maximum Gasteiger partial charge on any atom is 0.173 e. The molecule has 1 aromatic carbocycles. The summed E-state index contributed by atoms with van der Waals surface area (Å²) in [7, 11) is 4.07. The lowest BCUT2D eigenvalue weighted by molar-refractivity contribution is 0.00763. The number of unbranched alkanes of at least 4 members (excludes halogenated alkanes) is 1. The zero-order chi connectivity index (χ0) is 24.1. The molecule has 1 saturated heterocycles. The molecule has 7 nitrogen and oxygen atoms in total. The van der Waals surface area contributed by atoms with Gasteiger partial charge in [-0.25, -0.2) is 14.4 Å². The number of carbonyl (C=O) groups is 1. The molecule has 1 N–H and O–H groups in total. The van der Waals surface area contributed by atoms with E-state index in [0.29, 0.717) is 30.3 Å². The Balaban J connectivity index is 1.56. The van der Waals surface area contributed by atoms with Crippen molar-refractivity contribution in [1.82, 2.24) is 14.9 Å². The summed E-state index contributed by atoms with van der Waals surface area (Å²) in [6, 6.07) is 4.40. The van der Waals surface area contributed by atoms with Gasteiger partial charge in [-0.15, -0.1) is 11.3 Å². The number of fused-ring (bicyclic) bond motifs is 1. The number of aryl methyl sites for hydroxylation is 1. The molecule has 0 bridgehead atoms. The number of aromatic nitrogens is 2. The van der Waals surface area contributed by atoms with Crippen molar-refractivity contribution in [3.8, 4) is 5.75 Å². The molecule has 4 rings (SSSR count). The molecule has 0 amide bonds. The van der Waals surface area contributed by atoms with Crippen molar-refractivity contribution in [3.63, 3.8) is 0 Å². The van der Waals surface area contributed by atoms with Crippen LogP contribution >= 0.6 is 11.3 Å². The van der Waals surface area contributed by atoms with Gasteiger partial charge in [0.15, 0.2) is 5.78 Å². The van der Waals surface area contributed by atoms with Crippen LogP contribution in [0.4, 0.5) is 15.9 Å². The maximum absolute atomic E-state index is 14.0. The molecule has 0 unspecified atom stereocenters. The molecule has 9 heteroatoms. The van der Waals surface area contributed by atoms with Crippen molar-refractivity contribution >= 4 is 38.8 Å². The molecule has 3 aromatic rings. The molecule has 0 saturated carbocycles. The molecule has 0 aliphatic carbocycles. The second kappa shape index (κ2) is 11.2. The van der Waals surface area contributed by atoms with Gasteiger partial charge in [0, 0.05) is 19.1 Å². The molecule has 2 aromatic heterocycles. The summed E-state index contributed by atoms with van der Waals surface area (Å²) in [5.41, 5.74) is 1.47. The van der Waals surface area contributed by atoms with Crippen LogP contribution in [0.25, 0.3) is 10.2 Å². The molecule has 34 heavy (non-hydrogen) atoms. The number of nitrogens with one attached hydrogen (secondary N) is 1. The second-order valence-electron chi connectivity index (χ2n) is 8.86.